The summed E-state index contributed by atoms with van der Waals surface area (Å²) in [4.78, 5) is 14.9. The Morgan fingerprint density at radius 2 is 2.29 bits per heavy atom. The number of fused-ring (bicyclic) bond motifs is 1. The number of benzene rings is 1. The molecule has 0 radical (unpaired) electrons. The van der Waals surface area contributed by atoms with Crippen LogP contribution in [0.1, 0.15) is 0 Å². The Labute approximate surface area is 111 Å². The van der Waals surface area contributed by atoms with Crippen LogP contribution in [0.3, 0.4) is 0 Å². The predicted octanol–water partition coefficient (Wildman–Crippen LogP) is 2.14. The zero-order valence-corrected chi connectivity index (χ0v) is 11.3. The van der Waals surface area contributed by atoms with E-state index < -0.39 is 6.03 Å². The van der Waals surface area contributed by atoms with Crippen molar-refractivity contribution < 1.29 is 4.79 Å². The highest BCUT2D eigenvalue weighted by molar-refractivity contribution is 9.10. The third-order valence-corrected chi connectivity index (χ3v) is 3.54. The SMILES string of the molecule is NC(=O)NCCNc1nc2cc(Br)ccc2s1. The lowest BCUT2D eigenvalue weighted by molar-refractivity contribution is 0.249. The molecule has 0 saturated carbocycles. The van der Waals surface area contributed by atoms with E-state index >= 15 is 0 Å². The van der Waals surface area contributed by atoms with E-state index in [1.165, 1.54) is 0 Å². The van der Waals surface area contributed by atoms with Gasteiger partial charge >= 0.3 is 6.03 Å². The fourth-order valence-corrected chi connectivity index (χ4v) is 2.55. The zero-order chi connectivity index (χ0) is 12.3. The van der Waals surface area contributed by atoms with Crippen LogP contribution < -0.4 is 16.4 Å². The lowest BCUT2D eigenvalue weighted by atomic mass is 10.3. The van der Waals surface area contributed by atoms with E-state index in [2.05, 4.69) is 31.5 Å². The smallest absolute Gasteiger partial charge is 0.312 e. The Morgan fingerprint density at radius 3 is 3.06 bits per heavy atom. The third kappa shape index (κ3) is 3.31. The molecule has 2 amide bonds. The van der Waals surface area contributed by atoms with Gasteiger partial charge in [-0.2, -0.15) is 0 Å². The molecule has 90 valence electrons. The van der Waals surface area contributed by atoms with E-state index in [9.17, 15) is 4.79 Å². The molecule has 0 unspecified atom stereocenters. The number of nitrogens with one attached hydrogen (secondary N) is 2. The Kier molecular flexibility index (Phi) is 3.80. The Hall–Kier alpha value is -1.34. The molecule has 0 saturated heterocycles. The largest absolute Gasteiger partial charge is 0.360 e. The summed E-state index contributed by atoms with van der Waals surface area (Å²) in [7, 11) is 0. The van der Waals surface area contributed by atoms with Gasteiger partial charge in [0.1, 0.15) is 0 Å². The van der Waals surface area contributed by atoms with Gasteiger partial charge in [-0.05, 0) is 18.2 Å². The summed E-state index contributed by atoms with van der Waals surface area (Å²) in [6.45, 7) is 1.08. The van der Waals surface area contributed by atoms with Crippen LogP contribution in [0.5, 0.6) is 0 Å². The number of rotatable bonds is 4. The van der Waals surface area contributed by atoms with Gasteiger partial charge in [-0.3, -0.25) is 0 Å². The van der Waals surface area contributed by atoms with Crippen LogP contribution >= 0.6 is 27.3 Å². The maximum Gasteiger partial charge on any atom is 0.312 e. The van der Waals surface area contributed by atoms with Gasteiger partial charge in [-0.25, -0.2) is 9.78 Å². The van der Waals surface area contributed by atoms with E-state index in [0.29, 0.717) is 13.1 Å². The first-order valence-electron chi connectivity index (χ1n) is 4.98. The predicted molar refractivity (Wildman–Crippen MR) is 73.4 cm³/mol. The number of thiazole rings is 1. The molecule has 0 aliphatic rings. The number of hydrogen-bond acceptors (Lipinski definition) is 4. The van der Waals surface area contributed by atoms with Crippen LogP contribution in [-0.4, -0.2) is 24.1 Å². The van der Waals surface area contributed by atoms with Crippen molar-refractivity contribution in [3.8, 4) is 0 Å². The van der Waals surface area contributed by atoms with Gasteiger partial charge < -0.3 is 16.4 Å². The third-order valence-electron chi connectivity index (χ3n) is 2.05. The number of carbonyl (C=O) groups is 1. The maximum atomic E-state index is 10.5. The average molecular weight is 315 g/mol. The fraction of sp³-hybridized carbons (Fsp3) is 0.200. The number of aromatic nitrogens is 1. The van der Waals surface area contributed by atoms with E-state index in [1.54, 1.807) is 11.3 Å². The number of hydrogen-bond donors (Lipinski definition) is 3. The average Bonchev–Trinajstić information content (AvgIpc) is 2.66. The van der Waals surface area contributed by atoms with Crippen molar-refractivity contribution in [1.29, 1.82) is 0 Å². The molecule has 7 heteroatoms. The summed E-state index contributed by atoms with van der Waals surface area (Å²) in [6.07, 6.45) is 0. The molecule has 5 nitrogen and oxygen atoms in total. The van der Waals surface area contributed by atoms with Gasteiger partial charge in [-0.15, -0.1) is 0 Å². The number of primary amides is 1. The van der Waals surface area contributed by atoms with E-state index in [-0.39, 0.29) is 0 Å². The van der Waals surface area contributed by atoms with Gasteiger partial charge in [0.15, 0.2) is 5.13 Å². The highest BCUT2D eigenvalue weighted by atomic mass is 79.9. The van der Waals surface area contributed by atoms with Crippen LogP contribution in [0.15, 0.2) is 22.7 Å². The summed E-state index contributed by atoms with van der Waals surface area (Å²) in [5.74, 6) is 0. The van der Waals surface area contributed by atoms with E-state index in [0.717, 1.165) is 19.8 Å². The molecule has 4 N–H and O–H groups in total. The summed E-state index contributed by atoms with van der Waals surface area (Å²) in [5.41, 5.74) is 5.91. The van der Waals surface area contributed by atoms with Crippen LogP contribution in [0, 0.1) is 0 Å². The first-order chi connectivity index (χ1) is 8.15. The minimum absolute atomic E-state index is 0.481. The molecule has 0 aliphatic carbocycles. The number of urea groups is 1. The molecule has 1 heterocycles. The molecule has 17 heavy (non-hydrogen) atoms. The van der Waals surface area contributed by atoms with Gasteiger partial charge in [0.2, 0.25) is 0 Å². The Bertz CT molecular complexity index is 542. The van der Waals surface area contributed by atoms with Crippen molar-refractivity contribution >= 4 is 48.6 Å². The number of amides is 2. The van der Waals surface area contributed by atoms with Crippen molar-refractivity contribution in [2.45, 2.75) is 0 Å². The normalized spacial score (nSPS) is 10.4. The van der Waals surface area contributed by atoms with Crippen molar-refractivity contribution in [3.05, 3.63) is 22.7 Å². The molecule has 2 aromatic rings. The van der Waals surface area contributed by atoms with Crippen LogP contribution in [0.2, 0.25) is 0 Å². The van der Waals surface area contributed by atoms with Crippen LogP contribution in [-0.2, 0) is 0 Å². The lowest BCUT2D eigenvalue weighted by Gasteiger charge is -2.01. The molecule has 0 aliphatic heterocycles. The number of anilines is 1. The van der Waals surface area contributed by atoms with Crippen LogP contribution in [0.25, 0.3) is 10.2 Å². The van der Waals surface area contributed by atoms with Gasteiger partial charge in [0, 0.05) is 17.6 Å². The van der Waals surface area contributed by atoms with E-state index in [1.807, 2.05) is 18.2 Å². The minimum Gasteiger partial charge on any atom is -0.360 e. The van der Waals surface area contributed by atoms with Gasteiger partial charge in [0.05, 0.1) is 10.2 Å². The zero-order valence-electron chi connectivity index (χ0n) is 8.87. The first kappa shape index (κ1) is 12.1. The second-order valence-corrected chi connectivity index (χ2v) is 5.30. The first-order valence-corrected chi connectivity index (χ1v) is 6.59. The maximum absolute atomic E-state index is 10.5. The van der Waals surface area contributed by atoms with Gasteiger partial charge in [-0.1, -0.05) is 27.3 Å². The summed E-state index contributed by atoms with van der Waals surface area (Å²) in [5, 5.41) is 6.47. The number of nitrogens with two attached hydrogens (primary N) is 1. The fourth-order valence-electron chi connectivity index (χ4n) is 1.33. The second-order valence-electron chi connectivity index (χ2n) is 3.35. The molecular weight excluding hydrogens is 304 g/mol. The summed E-state index contributed by atoms with van der Waals surface area (Å²) >= 11 is 4.98. The Morgan fingerprint density at radius 1 is 1.47 bits per heavy atom. The quantitative estimate of drug-likeness (QED) is 0.756. The highest BCUT2D eigenvalue weighted by Gasteiger charge is 2.03. The molecule has 1 aromatic heterocycles. The summed E-state index contributed by atoms with van der Waals surface area (Å²) in [6, 6.07) is 5.46. The van der Waals surface area contributed by atoms with Crippen LogP contribution in [0.4, 0.5) is 9.93 Å². The Balaban J connectivity index is 1.97. The minimum atomic E-state index is -0.514. The topological polar surface area (TPSA) is 80.0 Å². The van der Waals surface area contributed by atoms with Gasteiger partial charge in [0.25, 0.3) is 0 Å². The van der Waals surface area contributed by atoms with Crippen molar-refractivity contribution in [1.82, 2.24) is 10.3 Å². The van der Waals surface area contributed by atoms with Crippen molar-refractivity contribution in [2.75, 3.05) is 18.4 Å². The van der Waals surface area contributed by atoms with Crippen molar-refractivity contribution in [3.63, 3.8) is 0 Å². The number of carbonyl (C=O) groups excluding carboxylic acids is 1. The highest BCUT2D eigenvalue weighted by Crippen LogP contribution is 2.27. The molecular formula is C10H11BrN4OS. The molecule has 0 fully saturated rings. The lowest BCUT2D eigenvalue weighted by Crippen LogP contribution is -2.33. The number of halogens is 1. The monoisotopic (exact) mass is 314 g/mol. The second kappa shape index (κ2) is 5.33. The molecule has 0 bridgehead atoms. The molecule has 0 spiro atoms. The summed E-state index contributed by atoms with van der Waals surface area (Å²) < 4.78 is 2.14. The van der Waals surface area contributed by atoms with Crippen molar-refractivity contribution in [2.24, 2.45) is 5.73 Å². The molecule has 1 aromatic carbocycles. The van der Waals surface area contributed by atoms with E-state index in [4.69, 9.17) is 5.73 Å². The molecule has 2 rings (SSSR count). The number of nitrogens with zero attached hydrogens (tertiary/aromatic N) is 1. The standard InChI is InChI=1S/C10H11BrN4OS/c11-6-1-2-8-7(5-6)15-10(17-8)14-4-3-13-9(12)16/h1-2,5H,3-4H2,(H,14,15)(H3,12,13,16). The molecule has 0 atom stereocenters.